The Morgan fingerprint density at radius 2 is 1.46 bits per heavy atom. The molecule has 1 atom stereocenters. The highest BCUT2D eigenvalue weighted by molar-refractivity contribution is 7.89. The quantitative estimate of drug-likeness (QED) is 0.239. The Kier molecular flexibility index (Phi) is 12.0. The largest absolute Gasteiger partial charge is 0.466 e. The summed E-state index contributed by atoms with van der Waals surface area (Å²) in [6, 6.07) is 23.9. The van der Waals surface area contributed by atoms with Crippen LogP contribution in [0.1, 0.15) is 77.0 Å². The van der Waals surface area contributed by atoms with E-state index in [0.717, 1.165) is 22.3 Å². The van der Waals surface area contributed by atoms with Crippen molar-refractivity contribution in [2.24, 2.45) is 5.92 Å². The van der Waals surface area contributed by atoms with Crippen molar-refractivity contribution >= 4 is 28.0 Å². The molecule has 268 valence electrons. The number of aryl methyl sites for hydroxylation is 1. The van der Waals surface area contributed by atoms with Crippen LogP contribution in [0.15, 0.2) is 83.8 Å². The van der Waals surface area contributed by atoms with Crippen LogP contribution >= 0.6 is 0 Å². The molecule has 0 spiro atoms. The molecule has 0 bridgehead atoms. The molecule has 1 N–H and O–H groups in total. The summed E-state index contributed by atoms with van der Waals surface area (Å²) < 4.78 is 40.2. The minimum atomic E-state index is -3.75. The molecule has 3 aromatic carbocycles. The van der Waals surface area contributed by atoms with Gasteiger partial charge in [-0.15, -0.1) is 0 Å². The molecule has 1 aliphatic heterocycles. The van der Waals surface area contributed by atoms with Gasteiger partial charge in [0.2, 0.25) is 15.9 Å². The number of nitrogens with one attached hydrogen (secondary N) is 1. The lowest BCUT2D eigenvalue weighted by Gasteiger charge is -2.43. The Bertz CT molecular complexity index is 1710. The Morgan fingerprint density at radius 1 is 0.840 bits per heavy atom. The van der Waals surface area contributed by atoms with Crippen LogP contribution in [0.5, 0.6) is 0 Å². The van der Waals surface area contributed by atoms with E-state index < -0.39 is 15.6 Å². The summed E-state index contributed by atoms with van der Waals surface area (Å²) in [6.45, 7) is 8.82. The van der Waals surface area contributed by atoms with Crippen LogP contribution < -0.4 is 4.72 Å². The molecule has 1 heterocycles. The van der Waals surface area contributed by atoms with Crippen molar-refractivity contribution < 1.29 is 32.3 Å². The van der Waals surface area contributed by atoms with E-state index in [-0.39, 0.29) is 40.9 Å². The topological polar surface area (TPSA) is 122 Å². The SMILES string of the molecule is CCOC(=O)CCc1ccc(-c2ccc(S(=O)(=O)N[C@H]3CC[C@H](C(=O)N4CCN(C(=O)OC(C)(C)C)C[C@@H]4c4ccccc4)CC3)cc2)cc1. The maximum atomic E-state index is 13.9. The first-order valence-electron chi connectivity index (χ1n) is 17.5. The number of esters is 1. The van der Waals surface area contributed by atoms with Crippen LogP contribution in [0.2, 0.25) is 0 Å². The van der Waals surface area contributed by atoms with E-state index >= 15 is 0 Å². The van der Waals surface area contributed by atoms with Crippen LogP contribution in [-0.2, 0) is 35.5 Å². The Labute approximate surface area is 296 Å². The van der Waals surface area contributed by atoms with Crippen LogP contribution in [0, 0.1) is 5.92 Å². The van der Waals surface area contributed by atoms with Crippen LogP contribution in [-0.4, -0.2) is 74.1 Å². The molecule has 1 saturated heterocycles. The molecule has 11 heteroatoms. The Balaban J connectivity index is 1.16. The predicted octanol–water partition coefficient (Wildman–Crippen LogP) is 6.51. The van der Waals surface area contributed by atoms with Crippen LogP contribution in [0.4, 0.5) is 4.79 Å². The molecule has 1 aliphatic carbocycles. The van der Waals surface area contributed by atoms with Crippen molar-refractivity contribution in [3.05, 3.63) is 90.0 Å². The smallest absolute Gasteiger partial charge is 0.410 e. The number of ether oxygens (including phenoxy) is 2. The third-order valence-corrected chi connectivity index (χ3v) is 10.8. The molecule has 3 aromatic rings. The lowest BCUT2D eigenvalue weighted by atomic mass is 9.85. The fraction of sp³-hybridized carbons (Fsp3) is 0.462. The normalized spacial score (nSPS) is 19.9. The number of sulfonamides is 1. The highest BCUT2D eigenvalue weighted by atomic mass is 32.2. The van der Waals surface area contributed by atoms with Crippen molar-refractivity contribution in [3.8, 4) is 11.1 Å². The van der Waals surface area contributed by atoms with Crippen molar-refractivity contribution in [3.63, 3.8) is 0 Å². The molecule has 2 fully saturated rings. The third-order valence-electron chi connectivity index (χ3n) is 9.27. The lowest BCUT2D eigenvalue weighted by molar-refractivity contribution is -0.143. The van der Waals surface area contributed by atoms with Gasteiger partial charge in [0.15, 0.2) is 0 Å². The molecular weight excluding hydrogens is 655 g/mol. The minimum Gasteiger partial charge on any atom is -0.466 e. The second-order valence-electron chi connectivity index (χ2n) is 14.1. The maximum Gasteiger partial charge on any atom is 0.410 e. The van der Waals surface area contributed by atoms with Crippen molar-refractivity contribution in [1.82, 2.24) is 14.5 Å². The van der Waals surface area contributed by atoms with Crippen LogP contribution in [0.3, 0.4) is 0 Å². The van der Waals surface area contributed by atoms with Gasteiger partial charge in [0, 0.05) is 38.0 Å². The number of hydrogen-bond acceptors (Lipinski definition) is 7. The standard InChI is InChI=1S/C39H49N3O7S/c1-5-48-36(43)24-13-28-11-14-29(15-12-28)30-18-22-34(23-19-30)50(46,47)40-33-20-16-32(17-21-33)37(44)42-26-25-41(38(45)49-39(2,3)4)27-35(42)31-9-7-6-8-10-31/h6-12,14-15,18-19,22-23,32-33,35,40H,5,13,16-17,20-21,24-27H2,1-4H3/t32-,33-,35-/m1/s1. The van der Waals surface area contributed by atoms with E-state index in [1.165, 1.54) is 0 Å². The molecule has 50 heavy (non-hydrogen) atoms. The number of carbonyl (C=O) groups is 3. The molecule has 1 saturated carbocycles. The zero-order valence-electron chi connectivity index (χ0n) is 29.5. The van der Waals surface area contributed by atoms with E-state index in [2.05, 4.69) is 4.72 Å². The molecule has 2 aliphatic rings. The molecule has 10 nitrogen and oxygen atoms in total. The molecule has 5 rings (SSSR count). The van der Waals surface area contributed by atoms with Crippen molar-refractivity contribution in [2.75, 3.05) is 26.2 Å². The number of amides is 2. The summed E-state index contributed by atoms with van der Waals surface area (Å²) in [4.78, 5) is 42.3. The fourth-order valence-electron chi connectivity index (χ4n) is 6.65. The third kappa shape index (κ3) is 9.72. The van der Waals surface area contributed by atoms with Crippen LogP contribution in [0.25, 0.3) is 11.1 Å². The molecule has 2 amide bonds. The Hall–Kier alpha value is -4.22. The molecule has 0 unspecified atom stereocenters. The highest BCUT2D eigenvalue weighted by Gasteiger charge is 2.39. The van der Waals surface area contributed by atoms with Gasteiger partial charge in [0.05, 0.1) is 17.5 Å². The number of nitrogens with zero attached hydrogens (tertiary/aromatic N) is 2. The van der Waals surface area contributed by atoms with Gasteiger partial charge in [-0.25, -0.2) is 17.9 Å². The molecule has 0 radical (unpaired) electrons. The zero-order valence-corrected chi connectivity index (χ0v) is 30.3. The second-order valence-corrected chi connectivity index (χ2v) is 15.8. The van der Waals surface area contributed by atoms with E-state index in [0.29, 0.717) is 64.8 Å². The van der Waals surface area contributed by atoms with Gasteiger partial charge in [-0.3, -0.25) is 9.59 Å². The van der Waals surface area contributed by atoms with Gasteiger partial charge in [-0.2, -0.15) is 0 Å². The summed E-state index contributed by atoms with van der Waals surface area (Å²) in [7, 11) is -3.75. The first kappa shape index (κ1) is 37.0. The monoisotopic (exact) mass is 703 g/mol. The van der Waals surface area contributed by atoms with Gasteiger partial charge in [-0.1, -0.05) is 66.7 Å². The van der Waals surface area contributed by atoms with E-state index in [9.17, 15) is 22.8 Å². The highest BCUT2D eigenvalue weighted by Crippen LogP contribution is 2.33. The number of carbonyl (C=O) groups excluding carboxylic acids is 3. The maximum absolute atomic E-state index is 13.9. The average Bonchev–Trinajstić information content (AvgIpc) is 3.10. The second kappa shape index (κ2) is 16.2. The summed E-state index contributed by atoms with van der Waals surface area (Å²) in [5.74, 6) is -0.384. The summed E-state index contributed by atoms with van der Waals surface area (Å²) in [6.07, 6.45) is 2.82. The van der Waals surface area contributed by atoms with E-state index in [1.54, 1.807) is 36.1 Å². The lowest BCUT2D eigenvalue weighted by Crippen LogP contribution is -2.54. The van der Waals surface area contributed by atoms with Gasteiger partial charge in [0.25, 0.3) is 0 Å². The first-order chi connectivity index (χ1) is 23.8. The van der Waals surface area contributed by atoms with Gasteiger partial charge in [-0.05, 0) is 94.2 Å². The number of benzene rings is 3. The van der Waals surface area contributed by atoms with E-state index in [4.69, 9.17) is 9.47 Å². The first-order valence-corrected chi connectivity index (χ1v) is 19.0. The van der Waals surface area contributed by atoms with Crippen molar-refractivity contribution in [1.29, 1.82) is 0 Å². The Morgan fingerprint density at radius 3 is 2.06 bits per heavy atom. The fourth-order valence-corrected chi connectivity index (χ4v) is 7.95. The van der Waals surface area contributed by atoms with Gasteiger partial charge >= 0.3 is 12.1 Å². The number of piperazine rings is 1. The molecular formula is C39H49N3O7S. The van der Waals surface area contributed by atoms with Gasteiger partial charge < -0.3 is 19.3 Å². The summed E-state index contributed by atoms with van der Waals surface area (Å²) >= 11 is 0. The zero-order chi connectivity index (χ0) is 35.9. The van der Waals surface area contributed by atoms with E-state index in [1.807, 2.05) is 80.3 Å². The number of rotatable bonds is 10. The summed E-state index contributed by atoms with van der Waals surface area (Å²) in [5.41, 5.74) is 3.21. The van der Waals surface area contributed by atoms with Gasteiger partial charge in [0.1, 0.15) is 5.60 Å². The summed E-state index contributed by atoms with van der Waals surface area (Å²) in [5, 5.41) is 0. The predicted molar refractivity (Wildman–Crippen MR) is 192 cm³/mol. The molecule has 0 aromatic heterocycles. The minimum absolute atomic E-state index is 0.0478. The van der Waals surface area contributed by atoms with Crippen molar-refractivity contribution in [2.45, 2.75) is 88.8 Å². The number of hydrogen-bond donors (Lipinski definition) is 1. The average molecular weight is 704 g/mol.